The van der Waals surface area contributed by atoms with Crippen LogP contribution in [-0.4, -0.2) is 78.1 Å². The zero-order chi connectivity index (χ0) is 19.1. The number of likely N-dealkylation sites (tertiary alicyclic amines) is 1. The van der Waals surface area contributed by atoms with Gasteiger partial charge in [-0.15, -0.1) is 11.8 Å². The number of rotatable bonds is 6. The van der Waals surface area contributed by atoms with Crippen LogP contribution in [0, 0.1) is 0 Å². The maximum atomic E-state index is 12.4. The summed E-state index contributed by atoms with van der Waals surface area (Å²) in [6.45, 7) is 5.28. The Hall–Kier alpha value is -1.24. The summed E-state index contributed by atoms with van der Waals surface area (Å²) in [6, 6.07) is 7.72. The van der Waals surface area contributed by atoms with Crippen molar-refractivity contribution >= 4 is 35.2 Å². The van der Waals surface area contributed by atoms with Gasteiger partial charge in [-0.3, -0.25) is 14.5 Å². The van der Waals surface area contributed by atoms with E-state index >= 15 is 0 Å². The van der Waals surface area contributed by atoms with Crippen LogP contribution >= 0.6 is 23.4 Å². The summed E-state index contributed by atoms with van der Waals surface area (Å²) in [5.41, 5.74) is 0. The van der Waals surface area contributed by atoms with E-state index in [2.05, 4.69) is 4.90 Å². The molecule has 5 nitrogen and oxygen atoms in total. The van der Waals surface area contributed by atoms with E-state index in [0.717, 1.165) is 54.7 Å². The van der Waals surface area contributed by atoms with E-state index in [-0.39, 0.29) is 11.8 Å². The molecule has 2 amide bonds. The standard InChI is InChI=1S/C20H28ClN3O2S/c21-17-6-2-3-7-18(17)27-15-8-19(25)24-13-11-22(12-14-24)16-20(26)23-9-4-1-5-10-23/h2-3,6-7H,1,4-5,8-16H2. The van der Waals surface area contributed by atoms with Gasteiger partial charge >= 0.3 is 0 Å². The van der Waals surface area contributed by atoms with Crippen LogP contribution in [0.5, 0.6) is 0 Å². The zero-order valence-corrected chi connectivity index (χ0v) is 17.3. The summed E-state index contributed by atoms with van der Waals surface area (Å²) >= 11 is 7.77. The summed E-state index contributed by atoms with van der Waals surface area (Å²) in [4.78, 5) is 31.9. The minimum absolute atomic E-state index is 0.191. The minimum Gasteiger partial charge on any atom is -0.342 e. The summed E-state index contributed by atoms with van der Waals surface area (Å²) in [7, 11) is 0. The number of amides is 2. The Morgan fingerprint density at radius 3 is 2.26 bits per heavy atom. The van der Waals surface area contributed by atoms with Crippen molar-refractivity contribution in [3.05, 3.63) is 29.3 Å². The van der Waals surface area contributed by atoms with E-state index in [1.165, 1.54) is 6.42 Å². The Morgan fingerprint density at radius 2 is 1.56 bits per heavy atom. The van der Waals surface area contributed by atoms with Crippen LogP contribution in [-0.2, 0) is 9.59 Å². The van der Waals surface area contributed by atoms with Crippen LogP contribution < -0.4 is 0 Å². The molecule has 2 fully saturated rings. The number of nitrogens with zero attached hydrogens (tertiary/aromatic N) is 3. The van der Waals surface area contributed by atoms with Crippen molar-refractivity contribution in [3.63, 3.8) is 0 Å². The quantitative estimate of drug-likeness (QED) is 0.677. The number of piperidine rings is 1. The van der Waals surface area contributed by atoms with Crippen LogP contribution in [0.2, 0.25) is 5.02 Å². The number of carbonyl (C=O) groups excluding carboxylic acids is 2. The van der Waals surface area contributed by atoms with Gasteiger partial charge < -0.3 is 9.80 Å². The summed E-state index contributed by atoms with van der Waals surface area (Å²) < 4.78 is 0. The summed E-state index contributed by atoms with van der Waals surface area (Å²) in [5, 5.41) is 0.738. The highest BCUT2D eigenvalue weighted by Crippen LogP contribution is 2.27. The molecule has 2 aliphatic rings. The average Bonchev–Trinajstić information content (AvgIpc) is 2.70. The van der Waals surface area contributed by atoms with Crippen LogP contribution in [0.4, 0.5) is 0 Å². The van der Waals surface area contributed by atoms with E-state index in [1.807, 2.05) is 34.1 Å². The van der Waals surface area contributed by atoms with Crippen molar-refractivity contribution in [3.8, 4) is 0 Å². The lowest BCUT2D eigenvalue weighted by molar-refractivity contribution is -0.135. The van der Waals surface area contributed by atoms with Gasteiger partial charge in [0.15, 0.2) is 0 Å². The van der Waals surface area contributed by atoms with Crippen molar-refractivity contribution < 1.29 is 9.59 Å². The smallest absolute Gasteiger partial charge is 0.236 e. The second kappa shape index (κ2) is 10.3. The predicted octanol–water partition coefficient (Wildman–Crippen LogP) is 2.98. The Kier molecular flexibility index (Phi) is 7.85. The fourth-order valence-corrected chi connectivity index (χ4v) is 4.73. The van der Waals surface area contributed by atoms with Crippen molar-refractivity contribution in [1.29, 1.82) is 0 Å². The number of halogens is 1. The Balaban J connectivity index is 1.35. The second-order valence-electron chi connectivity index (χ2n) is 7.13. The molecule has 0 radical (unpaired) electrons. The summed E-state index contributed by atoms with van der Waals surface area (Å²) in [6.07, 6.45) is 4.00. The fraction of sp³-hybridized carbons (Fsp3) is 0.600. The van der Waals surface area contributed by atoms with Crippen LogP contribution in [0.25, 0.3) is 0 Å². The highest BCUT2D eigenvalue weighted by molar-refractivity contribution is 7.99. The number of carbonyl (C=O) groups is 2. The molecule has 0 unspecified atom stereocenters. The van der Waals surface area contributed by atoms with E-state index in [9.17, 15) is 9.59 Å². The lowest BCUT2D eigenvalue weighted by Gasteiger charge is -2.36. The fourth-order valence-electron chi connectivity index (χ4n) is 3.56. The molecule has 0 saturated carbocycles. The molecule has 0 aromatic heterocycles. The van der Waals surface area contributed by atoms with E-state index in [1.54, 1.807) is 11.8 Å². The molecule has 27 heavy (non-hydrogen) atoms. The van der Waals surface area contributed by atoms with Gasteiger partial charge in [0.05, 0.1) is 11.6 Å². The molecule has 0 aliphatic carbocycles. The Bertz CT molecular complexity index is 644. The first-order chi connectivity index (χ1) is 13.1. The van der Waals surface area contributed by atoms with Gasteiger partial charge in [0.2, 0.25) is 11.8 Å². The van der Waals surface area contributed by atoms with E-state index < -0.39 is 0 Å². The molecule has 148 valence electrons. The second-order valence-corrected chi connectivity index (χ2v) is 8.67. The van der Waals surface area contributed by atoms with Crippen molar-refractivity contribution in [2.24, 2.45) is 0 Å². The van der Waals surface area contributed by atoms with Gasteiger partial charge in [-0.05, 0) is 31.4 Å². The molecule has 0 spiro atoms. The first-order valence-electron chi connectivity index (χ1n) is 9.79. The molecule has 3 rings (SSSR count). The molecular weight excluding hydrogens is 382 g/mol. The van der Waals surface area contributed by atoms with Gasteiger partial charge in [0.25, 0.3) is 0 Å². The first kappa shape index (κ1) is 20.5. The number of hydrogen-bond donors (Lipinski definition) is 0. The number of hydrogen-bond acceptors (Lipinski definition) is 4. The molecule has 1 aromatic rings. The van der Waals surface area contributed by atoms with Gasteiger partial charge in [0, 0.05) is 56.3 Å². The average molecular weight is 410 g/mol. The molecule has 2 saturated heterocycles. The third kappa shape index (κ3) is 6.13. The van der Waals surface area contributed by atoms with Gasteiger partial charge in [0.1, 0.15) is 0 Å². The van der Waals surface area contributed by atoms with Crippen LogP contribution in [0.15, 0.2) is 29.2 Å². The summed E-state index contributed by atoms with van der Waals surface area (Å²) in [5.74, 6) is 1.16. The van der Waals surface area contributed by atoms with Crippen molar-refractivity contribution in [1.82, 2.24) is 14.7 Å². The SMILES string of the molecule is O=C(CCSc1ccccc1Cl)N1CCN(CC(=O)N2CCCCC2)CC1. The Morgan fingerprint density at radius 1 is 0.889 bits per heavy atom. The van der Waals surface area contributed by atoms with Crippen LogP contribution in [0.1, 0.15) is 25.7 Å². The van der Waals surface area contributed by atoms with Gasteiger partial charge in [-0.1, -0.05) is 23.7 Å². The van der Waals surface area contributed by atoms with Gasteiger partial charge in [-0.2, -0.15) is 0 Å². The third-order valence-corrected chi connectivity index (χ3v) is 6.72. The molecule has 0 atom stereocenters. The van der Waals surface area contributed by atoms with E-state index in [0.29, 0.717) is 26.1 Å². The van der Waals surface area contributed by atoms with Crippen molar-refractivity contribution in [2.75, 3.05) is 51.6 Å². The van der Waals surface area contributed by atoms with E-state index in [4.69, 9.17) is 11.6 Å². The predicted molar refractivity (Wildman–Crippen MR) is 110 cm³/mol. The molecule has 2 heterocycles. The monoisotopic (exact) mass is 409 g/mol. The molecule has 0 N–H and O–H groups in total. The topological polar surface area (TPSA) is 43.9 Å². The number of piperazine rings is 1. The lowest BCUT2D eigenvalue weighted by atomic mass is 10.1. The molecule has 1 aromatic carbocycles. The Labute approximate surface area is 171 Å². The third-order valence-electron chi connectivity index (χ3n) is 5.20. The molecule has 7 heteroatoms. The maximum absolute atomic E-state index is 12.4. The van der Waals surface area contributed by atoms with Gasteiger partial charge in [-0.25, -0.2) is 0 Å². The maximum Gasteiger partial charge on any atom is 0.236 e. The largest absolute Gasteiger partial charge is 0.342 e. The number of benzene rings is 1. The van der Waals surface area contributed by atoms with Crippen molar-refractivity contribution in [2.45, 2.75) is 30.6 Å². The minimum atomic E-state index is 0.191. The number of thioether (sulfide) groups is 1. The molecule has 2 aliphatic heterocycles. The molecular formula is C20H28ClN3O2S. The lowest BCUT2D eigenvalue weighted by Crippen LogP contribution is -2.52. The zero-order valence-electron chi connectivity index (χ0n) is 15.7. The van der Waals surface area contributed by atoms with Crippen LogP contribution in [0.3, 0.4) is 0 Å². The normalized spacial score (nSPS) is 18.6. The molecule has 0 bridgehead atoms. The highest BCUT2D eigenvalue weighted by atomic mass is 35.5. The first-order valence-corrected chi connectivity index (χ1v) is 11.1. The highest BCUT2D eigenvalue weighted by Gasteiger charge is 2.24.